The van der Waals surface area contributed by atoms with Gasteiger partial charge in [-0.1, -0.05) is 35.3 Å². The minimum atomic E-state index is -4.45. The number of hydrogen-bond donors (Lipinski definition) is 1. The van der Waals surface area contributed by atoms with E-state index in [0.717, 1.165) is 27.4 Å². The Hall–Kier alpha value is -2.66. The molecule has 2 atom stereocenters. The summed E-state index contributed by atoms with van der Waals surface area (Å²) in [5.41, 5.74) is 6.77. The summed E-state index contributed by atoms with van der Waals surface area (Å²) in [4.78, 5) is 28.7. The van der Waals surface area contributed by atoms with E-state index in [2.05, 4.69) is 0 Å². The van der Waals surface area contributed by atoms with Crippen molar-refractivity contribution >= 4 is 45.0 Å². The molecular weight excluding hydrogens is 518 g/mol. The molecule has 35 heavy (non-hydrogen) atoms. The van der Waals surface area contributed by atoms with Crippen LogP contribution in [-0.4, -0.2) is 59.0 Å². The molecule has 2 aliphatic rings. The second kappa shape index (κ2) is 9.42. The number of halogens is 3. The van der Waals surface area contributed by atoms with Gasteiger partial charge in [-0.3, -0.25) is 14.5 Å². The maximum Gasteiger partial charge on any atom is 0.267 e. The van der Waals surface area contributed by atoms with E-state index in [0.29, 0.717) is 10.6 Å². The van der Waals surface area contributed by atoms with Crippen molar-refractivity contribution in [2.24, 2.45) is 5.73 Å². The molecule has 8 nitrogen and oxygen atoms in total. The first kappa shape index (κ1) is 25.4. The van der Waals surface area contributed by atoms with Gasteiger partial charge >= 0.3 is 0 Å². The van der Waals surface area contributed by atoms with Crippen molar-refractivity contribution < 1.29 is 22.4 Å². The number of rotatable bonds is 5. The van der Waals surface area contributed by atoms with Gasteiger partial charge in [-0.05, 0) is 49.7 Å². The fraction of sp³-hybridized carbons (Fsp3) is 0.304. The minimum Gasteiger partial charge on any atom is -0.318 e. The number of carbonyl (C=O) groups is 2. The Kier molecular flexibility index (Phi) is 6.85. The molecule has 0 aromatic heterocycles. The number of carbonyl (C=O) groups excluding carboxylic acids is 2. The van der Waals surface area contributed by atoms with Crippen LogP contribution < -0.4 is 5.73 Å². The summed E-state index contributed by atoms with van der Waals surface area (Å²) in [6.45, 7) is 3.13. The number of fused-ring (bicyclic) bond motifs is 1. The van der Waals surface area contributed by atoms with Crippen molar-refractivity contribution in [2.45, 2.75) is 43.3 Å². The Morgan fingerprint density at radius 2 is 1.74 bits per heavy atom. The van der Waals surface area contributed by atoms with Gasteiger partial charge in [0.1, 0.15) is 28.6 Å². The lowest BCUT2D eigenvalue weighted by Crippen LogP contribution is -2.66. The Morgan fingerprint density at radius 1 is 1.09 bits per heavy atom. The smallest absolute Gasteiger partial charge is 0.267 e. The van der Waals surface area contributed by atoms with Crippen LogP contribution in [0.2, 0.25) is 10.0 Å². The van der Waals surface area contributed by atoms with Crippen LogP contribution in [-0.2, 0) is 26.0 Å². The highest BCUT2D eigenvalue weighted by atomic mass is 35.5. The van der Waals surface area contributed by atoms with Crippen LogP contribution in [0.1, 0.15) is 19.4 Å². The van der Waals surface area contributed by atoms with Crippen LogP contribution in [0, 0.1) is 5.82 Å². The Bertz CT molecular complexity index is 1320. The lowest BCUT2D eigenvalue weighted by molar-refractivity contribution is -0.149. The van der Waals surface area contributed by atoms with Crippen molar-refractivity contribution in [2.75, 3.05) is 6.54 Å². The first-order valence-corrected chi connectivity index (χ1v) is 13.0. The summed E-state index contributed by atoms with van der Waals surface area (Å²) in [6, 6.07) is 7.12. The monoisotopic (exact) mass is 540 g/mol. The van der Waals surface area contributed by atoms with Gasteiger partial charge in [0.05, 0.1) is 11.6 Å². The Morgan fingerprint density at radius 3 is 2.37 bits per heavy atom. The Labute approximate surface area is 212 Å². The molecule has 4 rings (SSSR count). The van der Waals surface area contributed by atoms with Gasteiger partial charge in [-0.2, -0.15) is 0 Å². The first-order valence-electron chi connectivity index (χ1n) is 10.8. The van der Waals surface area contributed by atoms with E-state index in [4.69, 9.17) is 28.9 Å². The SMILES string of the molecule is CC(C)N1C=C2N(C(=O)C(N)CN2S(=O)(=O)c2cc(F)ccc2Cl)C(Cc2ccc(Cl)cc2)C1=O. The van der Waals surface area contributed by atoms with Crippen molar-refractivity contribution in [3.8, 4) is 0 Å². The molecule has 1 saturated heterocycles. The van der Waals surface area contributed by atoms with Gasteiger partial charge in [0.15, 0.2) is 0 Å². The molecule has 12 heteroatoms. The first-order chi connectivity index (χ1) is 16.4. The van der Waals surface area contributed by atoms with Crippen molar-refractivity contribution in [3.63, 3.8) is 0 Å². The molecule has 2 aromatic carbocycles. The molecule has 0 spiro atoms. The summed E-state index contributed by atoms with van der Waals surface area (Å²) in [5.74, 6) is -1.82. The van der Waals surface area contributed by atoms with Crippen LogP contribution in [0.4, 0.5) is 4.39 Å². The molecule has 0 radical (unpaired) electrons. The molecule has 2 unspecified atom stereocenters. The topological polar surface area (TPSA) is 104 Å². The van der Waals surface area contributed by atoms with Gasteiger partial charge < -0.3 is 10.6 Å². The average Bonchev–Trinajstić information content (AvgIpc) is 2.80. The number of nitrogens with zero attached hydrogens (tertiary/aromatic N) is 3. The molecule has 2 aromatic rings. The lowest BCUT2D eigenvalue weighted by atomic mass is 9.99. The molecule has 186 valence electrons. The second-order valence-electron chi connectivity index (χ2n) is 8.60. The molecule has 0 bridgehead atoms. The number of nitrogens with two attached hydrogens (primary N) is 1. The fourth-order valence-corrected chi connectivity index (χ4v) is 6.20. The van der Waals surface area contributed by atoms with E-state index >= 15 is 0 Å². The maximum atomic E-state index is 14.0. The third-order valence-corrected chi connectivity index (χ3v) is 8.39. The zero-order valence-electron chi connectivity index (χ0n) is 18.9. The van der Waals surface area contributed by atoms with Crippen molar-refractivity contribution in [3.05, 3.63) is 75.9 Å². The van der Waals surface area contributed by atoms with Crippen molar-refractivity contribution in [1.29, 1.82) is 0 Å². The number of hydrogen-bond acceptors (Lipinski definition) is 5. The third-order valence-electron chi connectivity index (χ3n) is 5.89. The molecule has 2 aliphatic heterocycles. The van der Waals surface area contributed by atoms with Crippen LogP contribution >= 0.6 is 23.2 Å². The normalized spacial score (nSPS) is 20.9. The predicted molar refractivity (Wildman–Crippen MR) is 129 cm³/mol. The summed E-state index contributed by atoms with van der Waals surface area (Å²) in [7, 11) is -4.45. The molecular formula is C23H23Cl2FN4O4S. The van der Waals surface area contributed by atoms with Crippen molar-refractivity contribution in [1.82, 2.24) is 14.1 Å². The van der Waals surface area contributed by atoms with Gasteiger partial charge in [0.25, 0.3) is 10.0 Å². The van der Waals surface area contributed by atoms with Gasteiger partial charge in [-0.15, -0.1) is 0 Å². The highest BCUT2D eigenvalue weighted by molar-refractivity contribution is 7.89. The zero-order chi connectivity index (χ0) is 25.7. The summed E-state index contributed by atoms with van der Waals surface area (Å²) in [6.07, 6.45) is 1.42. The van der Waals surface area contributed by atoms with E-state index in [1.807, 2.05) is 0 Å². The largest absolute Gasteiger partial charge is 0.318 e. The van der Waals surface area contributed by atoms with Crippen LogP contribution in [0.3, 0.4) is 0 Å². The molecule has 2 amide bonds. The van der Waals surface area contributed by atoms with E-state index in [1.165, 1.54) is 11.1 Å². The number of sulfonamides is 1. The third kappa shape index (κ3) is 4.63. The highest BCUT2D eigenvalue weighted by Crippen LogP contribution is 2.35. The van der Waals surface area contributed by atoms with E-state index in [-0.39, 0.29) is 29.2 Å². The van der Waals surface area contributed by atoms with E-state index < -0.39 is 45.3 Å². The lowest BCUT2D eigenvalue weighted by Gasteiger charge is -2.48. The van der Waals surface area contributed by atoms with Crippen LogP contribution in [0.5, 0.6) is 0 Å². The molecule has 0 saturated carbocycles. The summed E-state index contributed by atoms with van der Waals surface area (Å²) >= 11 is 12.1. The quantitative estimate of drug-likeness (QED) is 0.627. The average molecular weight is 541 g/mol. The highest BCUT2D eigenvalue weighted by Gasteiger charge is 2.49. The van der Waals surface area contributed by atoms with Gasteiger partial charge in [-0.25, -0.2) is 17.1 Å². The molecule has 2 heterocycles. The predicted octanol–water partition coefficient (Wildman–Crippen LogP) is 2.95. The summed E-state index contributed by atoms with van der Waals surface area (Å²) in [5, 5.41) is 0.322. The summed E-state index contributed by atoms with van der Waals surface area (Å²) < 4.78 is 42.2. The Balaban J connectivity index is 1.85. The zero-order valence-corrected chi connectivity index (χ0v) is 21.2. The van der Waals surface area contributed by atoms with Gasteiger partial charge in [0, 0.05) is 23.7 Å². The van der Waals surface area contributed by atoms with Gasteiger partial charge in [0.2, 0.25) is 11.8 Å². The maximum absolute atomic E-state index is 14.0. The van der Waals surface area contributed by atoms with Crippen LogP contribution in [0.15, 0.2) is 59.4 Å². The van der Waals surface area contributed by atoms with E-state index in [9.17, 15) is 22.4 Å². The number of amides is 2. The van der Waals surface area contributed by atoms with E-state index in [1.54, 1.807) is 38.1 Å². The minimum absolute atomic E-state index is 0.0516. The molecule has 1 fully saturated rings. The molecule has 0 aliphatic carbocycles. The molecule has 2 N–H and O–H groups in total. The fourth-order valence-electron chi connectivity index (χ4n) is 4.11. The standard InChI is InChI=1S/C23H23Cl2FN4O4S/c1-13(2)28-12-21-29(35(33,34)20-10-16(26)7-8-17(20)25)11-18(27)22(31)30(21)19(23(28)32)9-14-3-5-15(24)6-4-14/h3-8,10,12-13,18-19H,9,11,27H2,1-2H3. The van der Waals surface area contributed by atoms with Crippen LogP contribution in [0.25, 0.3) is 0 Å². The number of benzene rings is 2. The second-order valence-corrected chi connectivity index (χ2v) is 11.3.